The zero-order valence-electron chi connectivity index (χ0n) is 10.1. The molecule has 0 spiro atoms. The van der Waals surface area contributed by atoms with Gasteiger partial charge < -0.3 is 4.74 Å². The fraction of sp³-hybridized carbons (Fsp3) is 0.267. The van der Waals surface area contributed by atoms with Crippen LogP contribution in [0.2, 0.25) is 0 Å². The zero-order chi connectivity index (χ0) is 12.5. The summed E-state index contributed by atoms with van der Waals surface area (Å²) >= 11 is 1.53. The van der Waals surface area contributed by atoms with E-state index >= 15 is 0 Å². The van der Waals surface area contributed by atoms with E-state index in [0.717, 1.165) is 22.6 Å². The highest BCUT2D eigenvalue weighted by Gasteiger charge is 2.45. The van der Waals surface area contributed by atoms with Crippen molar-refractivity contribution in [3.63, 3.8) is 0 Å². The summed E-state index contributed by atoms with van der Waals surface area (Å²) in [7, 11) is 1.68. The molecule has 2 unspecified atom stereocenters. The predicted octanol–water partition coefficient (Wildman–Crippen LogP) is 3.74. The van der Waals surface area contributed by atoms with E-state index in [-0.39, 0.29) is 11.7 Å². The van der Waals surface area contributed by atoms with Gasteiger partial charge in [0.1, 0.15) is 5.75 Å². The number of thiophene rings is 1. The third-order valence-corrected chi connectivity index (χ3v) is 4.31. The number of methoxy groups -OCH3 is 1. The van der Waals surface area contributed by atoms with Crippen molar-refractivity contribution in [3.8, 4) is 5.75 Å². The van der Waals surface area contributed by atoms with Crippen molar-refractivity contribution in [2.45, 2.75) is 12.3 Å². The van der Waals surface area contributed by atoms with E-state index < -0.39 is 0 Å². The number of rotatable bonds is 4. The maximum Gasteiger partial charge on any atom is 0.176 e. The predicted molar refractivity (Wildman–Crippen MR) is 72.5 cm³/mol. The van der Waals surface area contributed by atoms with Gasteiger partial charge in [-0.15, -0.1) is 11.3 Å². The summed E-state index contributed by atoms with van der Waals surface area (Å²) in [5.41, 5.74) is 1.16. The monoisotopic (exact) mass is 258 g/mol. The highest BCUT2D eigenvalue weighted by molar-refractivity contribution is 7.12. The molecule has 3 heteroatoms. The summed E-state index contributed by atoms with van der Waals surface area (Å²) in [5.74, 6) is 1.64. The molecule has 2 aromatic rings. The van der Waals surface area contributed by atoms with E-state index in [1.807, 2.05) is 35.7 Å². The number of para-hydroxylation sites is 1. The molecule has 1 aliphatic carbocycles. The second kappa shape index (κ2) is 4.58. The highest BCUT2D eigenvalue weighted by atomic mass is 32.1. The molecule has 0 saturated heterocycles. The Balaban J connectivity index is 1.80. The molecule has 0 radical (unpaired) electrons. The molecule has 2 atom stereocenters. The fourth-order valence-electron chi connectivity index (χ4n) is 2.40. The highest BCUT2D eigenvalue weighted by Crippen LogP contribution is 2.51. The average Bonchev–Trinajstić information content (AvgIpc) is 3.02. The Morgan fingerprint density at radius 1 is 1.28 bits per heavy atom. The number of ketones is 1. The van der Waals surface area contributed by atoms with Gasteiger partial charge in [-0.1, -0.05) is 24.3 Å². The van der Waals surface area contributed by atoms with Crippen LogP contribution >= 0.6 is 11.3 Å². The Morgan fingerprint density at radius 3 is 2.83 bits per heavy atom. The van der Waals surface area contributed by atoms with Crippen molar-refractivity contribution in [3.05, 3.63) is 52.2 Å². The van der Waals surface area contributed by atoms with E-state index in [9.17, 15) is 4.79 Å². The van der Waals surface area contributed by atoms with Crippen LogP contribution in [0.25, 0.3) is 0 Å². The summed E-state index contributed by atoms with van der Waals surface area (Å²) < 4.78 is 5.36. The van der Waals surface area contributed by atoms with Gasteiger partial charge in [0.15, 0.2) is 5.78 Å². The lowest BCUT2D eigenvalue weighted by molar-refractivity contribution is 0.0969. The van der Waals surface area contributed by atoms with Gasteiger partial charge in [0.2, 0.25) is 0 Å². The SMILES string of the molecule is COc1ccccc1C1CC1C(=O)c1cccs1. The molecule has 1 aromatic carbocycles. The smallest absolute Gasteiger partial charge is 0.176 e. The van der Waals surface area contributed by atoms with Gasteiger partial charge in [-0.05, 0) is 35.4 Å². The van der Waals surface area contributed by atoms with Gasteiger partial charge >= 0.3 is 0 Å². The summed E-state index contributed by atoms with van der Waals surface area (Å²) in [6.07, 6.45) is 0.942. The number of benzene rings is 1. The van der Waals surface area contributed by atoms with Gasteiger partial charge in [0.05, 0.1) is 12.0 Å². The van der Waals surface area contributed by atoms with E-state index in [1.54, 1.807) is 7.11 Å². The topological polar surface area (TPSA) is 26.3 Å². The van der Waals surface area contributed by atoms with Crippen LogP contribution in [0.1, 0.15) is 27.6 Å². The van der Waals surface area contributed by atoms with Crippen LogP contribution in [0.5, 0.6) is 5.75 Å². The number of hydrogen-bond acceptors (Lipinski definition) is 3. The largest absolute Gasteiger partial charge is 0.496 e. The molecule has 1 saturated carbocycles. The fourth-order valence-corrected chi connectivity index (χ4v) is 3.13. The van der Waals surface area contributed by atoms with Gasteiger partial charge in [-0.2, -0.15) is 0 Å². The molecule has 0 aliphatic heterocycles. The summed E-state index contributed by atoms with van der Waals surface area (Å²) in [6, 6.07) is 11.8. The molecule has 1 fully saturated rings. The molecule has 0 amide bonds. The minimum absolute atomic E-state index is 0.139. The van der Waals surface area contributed by atoms with Crippen LogP contribution in [0.3, 0.4) is 0 Å². The minimum Gasteiger partial charge on any atom is -0.496 e. The molecule has 0 N–H and O–H groups in total. The zero-order valence-corrected chi connectivity index (χ0v) is 10.9. The Morgan fingerprint density at radius 2 is 2.11 bits per heavy atom. The molecule has 0 bridgehead atoms. The normalized spacial score (nSPS) is 21.6. The lowest BCUT2D eigenvalue weighted by atomic mass is 10.1. The number of carbonyl (C=O) groups excluding carboxylic acids is 1. The summed E-state index contributed by atoms with van der Waals surface area (Å²) in [4.78, 5) is 13.1. The maximum atomic E-state index is 12.2. The Labute approximate surface area is 110 Å². The number of hydrogen-bond donors (Lipinski definition) is 0. The van der Waals surface area contributed by atoms with E-state index in [2.05, 4.69) is 6.07 Å². The molecule has 3 rings (SSSR count). The molecule has 18 heavy (non-hydrogen) atoms. The first-order valence-corrected chi connectivity index (χ1v) is 6.90. The van der Waals surface area contributed by atoms with Gasteiger partial charge in [0, 0.05) is 5.92 Å². The Kier molecular flexibility index (Phi) is 2.92. The lowest BCUT2D eigenvalue weighted by Gasteiger charge is -2.06. The van der Waals surface area contributed by atoms with Crippen molar-refractivity contribution in [1.82, 2.24) is 0 Å². The molecule has 2 nitrogen and oxygen atoms in total. The van der Waals surface area contributed by atoms with E-state index in [4.69, 9.17) is 4.74 Å². The number of carbonyl (C=O) groups is 1. The number of Topliss-reactive ketones (excluding diaryl/α,β-unsaturated/α-hetero) is 1. The summed E-state index contributed by atoms with van der Waals surface area (Å²) in [5, 5.41) is 1.95. The quantitative estimate of drug-likeness (QED) is 0.781. The first-order valence-electron chi connectivity index (χ1n) is 6.02. The maximum absolute atomic E-state index is 12.2. The molecule has 92 valence electrons. The Bertz CT molecular complexity index is 560. The van der Waals surface area contributed by atoms with Crippen LogP contribution < -0.4 is 4.74 Å². The van der Waals surface area contributed by atoms with Crippen molar-refractivity contribution in [2.75, 3.05) is 7.11 Å². The lowest BCUT2D eigenvalue weighted by Crippen LogP contribution is -2.01. The second-order valence-corrected chi connectivity index (χ2v) is 5.48. The van der Waals surface area contributed by atoms with Crippen molar-refractivity contribution >= 4 is 17.1 Å². The number of ether oxygens (including phenoxy) is 1. The van der Waals surface area contributed by atoms with E-state index in [1.165, 1.54) is 11.3 Å². The third-order valence-electron chi connectivity index (χ3n) is 3.43. The standard InChI is InChI=1S/C15H14O2S/c1-17-13-6-3-2-5-10(13)11-9-12(11)15(16)14-7-4-8-18-14/h2-8,11-12H,9H2,1H3. The Hall–Kier alpha value is -1.61. The van der Waals surface area contributed by atoms with Crippen LogP contribution in [0.15, 0.2) is 41.8 Å². The average molecular weight is 258 g/mol. The van der Waals surface area contributed by atoms with Gasteiger partial charge in [-0.3, -0.25) is 4.79 Å². The van der Waals surface area contributed by atoms with Gasteiger partial charge in [0.25, 0.3) is 0 Å². The molecular formula is C15H14O2S. The summed E-state index contributed by atoms with van der Waals surface area (Å²) in [6.45, 7) is 0. The van der Waals surface area contributed by atoms with Crippen molar-refractivity contribution in [1.29, 1.82) is 0 Å². The second-order valence-electron chi connectivity index (χ2n) is 4.53. The van der Waals surface area contributed by atoms with Crippen LogP contribution in [-0.2, 0) is 0 Å². The van der Waals surface area contributed by atoms with E-state index in [0.29, 0.717) is 5.92 Å². The minimum atomic E-state index is 0.139. The first-order chi connectivity index (χ1) is 8.81. The molecular weight excluding hydrogens is 244 g/mol. The van der Waals surface area contributed by atoms with Crippen LogP contribution in [-0.4, -0.2) is 12.9 Å². The van der Waals surface area contributed by atoms with Crippen LogP contribution in [0.4, 0.5) is 0 Å². The molecule has 1 aromatic heterocycles. The van der Waals surface area contributed by atoms with Gasteiger partial charge in [-0.25, -0.2) is 0 Å². The molecule has 1 aliphatic rings. The van der Waals surface area contributed by atoms with Crippen LogP contribution in [0, 0.1) is 5.92 Å². The third kappa shape index (κ3) is 1.95. The van der Waals surface area contributed by atoms with Crippen molar-refractivity contribution in [2.24, 2.45) is 5.92 Å². The first kappa shape index (κ1) is 11.5. The van der Waals surface area contributed by atoms with Crippen molar-refractivity contribution < 1.29 is 9.53 Å². The molecule has 1 heterocycles.